The highest BCUT2D eigenvalue weighted by molar-refractivity contribution is 5.95. The number of ketones is 1. The van der Waals surface area contributed by atoms with E-state index in [0.717, 1.165) is 11.1 Å². The molecule has 0 aliphatic carbocycles. The van der Waals surface area contributed by atoms with Gasteiger partial charge in [-0.05, 0) is 55.3 Å². The van der Waals surface area contributed by atoms with Gasteiger partial charge in [-0.15, -0.1) is 0 Å². The summed E-state index contributed by atoms with van der Waals surface area (Å²) in [5.74, 6) is -2.12. The first kappa shape index (κ1) is 26.8. The molecular weight excluding hydrogens is 477 g/mol. The maximum atomic E-state index is 13.6. The van der Waals surface area contributed by atoms with Crippen molar-refractivity contribution in [2.24, 2.45) is 17.8 Å². The Bertz CT molecular complexity index is 1110. The van der Waals surface area contributed by atoms with Gasteiger partial charge < -0.3 is 20.1 Å². The van der Waals surface area contributed by atoms with E-state index in [0.29, 0.717) is 32.5 Å². The molecular formula is C28H34FN3O5. The number of ether oxygens (including phenoxy) is 1. The number of phenols is 1. The maximum Gasteiger partial charge on any atom is 0.238 e. The minimum Gasteiger partial charge on any atom is -0.508 e. The summed E-state index contributed by atoms with van der Waals surface area (Å²) in [7, 11) is 3.37. The largest absolute Gasteiger partial charge is 0.508 e. The second-order valence-electron chi connectivity index (χ2n) is 9.97. The topological polar surface area (TPSA) is 99.2 Å². The third kappa shape index (κ3) is 6.17. The summed E-state index contributed by atoms with van der Waals surface area (Å²) in [6, 6.07) is 12.0. The molecule has 2 N–H and O–H groups in total. The Kier molecular flexibility index (Phi) is 8.56. The number of carbonyl (C=O) groups is 3. The zero-order valence-corrected chi connectivity index (χ0v) is 21.2. The van der Waals surface area contributed by atoms with E-state index in [-0.39, 0.29) is 48.2 Å². The van der Waals surface area contributed by atoms with E-state index >= 15 is 0 Å². The van der Waals surface area contributed by atoms with Crippen LogP contribution in [0.1, 0.15) is 17.5 Å². The number of likely N-dealkylation sites (N-methyl/N-ethyl adjacent to an activating group) is 1. The van der Waals surface area contributed by atoms with E-state index in [1.165, 1.54) is 12.1 Å². The third-order valence-electron chi connectivity index (χ3n) is 7.43. The van der Waals surface area contributed by atoms with Crippen LogP contribution in [0.2, 0.25) is 0 Å². The lowest BCUT2D eigenvalue weighted by Gasteiger charge is -2.50. The summed E-state index contributed by atoms with van der Waals surface area (Å²) in [6.07, 6.45) is 0.997. The van der Waals surface area contributed by atoms with Crippen molar-refractivity contribution in [3.8, 4) is 5.75 Å². The molecule has 37 heavy (non-hydrogen) atoms. The Hall–Kier alpha value is -3.30. The van der Waals surface area contributed by atoms with Crippen LogP contribution < -0.4 is 5.32 Å². The highest BCUT2D eigenvalue weighted by atomic mass is 19.1. The third-order valence-corrected chi connectivity index (χ3v) is 7.43. The molecule has 9 heteroatoms. The van der Waals surface area contributed by atoms with Gasteiger partial charge in [0.05, 0.1) is 18.5 Å². The summed E-state index contributed by atoms with van der Waals surface area (Å²) in [5.41, 5.74) is 1.61. The van der Waals surface area contributed by atoms with Crippen molar-refractivity contribution in [1.82, 2.24) is 15.1 Å². The molecule has 0 bridgehead atoms. The van der Waals surface area contributed by atoms with E-state index in [1.807, 2.05) is 0 Å². The van der Waals surface area contributed by atoms with Crippen LogP contribution in [-0.4, -0.2) is 78.9 Å². The Morgan fingerprint density at radius 1 is 1.11 bits per heavy atom. The number of likely N-dealkylation sites (tertiary alicyclic amines) is 2. The smallest absolute Gasteiger partial charge is 0.238 e. The number of phenolic OH excluding ortho intramolecular Hbond substituents is 1. The normalized spacial score (nSPS) is 24.1. The molecule has 2 heterocycles. The van der Waals surface area contributed by atoms with E-state index in [4.69, 9.17) is 4.74 Å². The monoisotopic (exact) mass is 511 g/mol. The standard InChI is InChI=1S/C28H34FN3O5/c1-31-17-24(34)25-22(14-18-6-10-21(33)11-7-18)28(36)32(12-3-13-37-2)16-23(25)26(31)27(35)30-15-19-4-8-20(29)9-5-19/h4-11,22-23,25-26,33H,3,12-17H2,1-2H3,(H,30,35)/t22-,23+,25?,26?/m1/s1. The van der Waals surface area contributed by atoms with Crippen molar-refractivity contribution < 1.29 is 28.6 Å². The Morgan fingerprint density at radius 3 is 2.46 bits per heavy atom. The summed E-state index contributed by atoms with van der Waals surface area (Å²) < 4.78 is 18.4. The Balaban J connectivity index is 1.59. The highest BCUT2D eigenvalue weighted by Crippen LogP contribution is 2.39. The number of nitrogens with one attached hydrogen (secondary N) is 1. The minimum atomic E-state index is -0.598. The number of piperidine rings is 2. The predicted molar refractivity (Wildman–Crippen MR) is 135 cm³/mol. The van der Waals surface area contributed by atoms with Gasteiger partial charge in [-0.2, -0.15) is 0 Å². The average molecular weight is 512 g/mol. The molecule has 0 radical (unpaired) electrons. The summed E-state index contributed by atoms with van der Waals surface area (Å²) in [4.78, 5) is 44.0. The zero-order valence-electron chi connectivity index (χ0n) is 21.2. The molecule has 2 amide bonds. The molecule has 0 spiro atoms. The first-order chi connectivity index (χ1) is 17.8. The van der Waals surface area contributed by atoms with Crippen molar-refractivity contribution in [3.63, 3.8) is 0 Å². The van der Waals surface area contributed by atoms with Gasteiger partial charge in [-0.1, -0.05) is 24.3 Å². The van der Waals surface area contributed by atoms with Gasteiger partial charge in [0, 0.05) is 45.2 Å². The zero-order chi connectivity index (χ0) is 26.5. The number of amides is 2. The number of nitrogens with zero attached hydrogens (tertiary/aromatic N) is 2. The Morgan fingerprint density at radius 2 is 1.78 bits per heavy atom. The molecule has 4 rings (SSSR count). The second kappa shape index (κ2) is 11.8. The van der Waals surface area contributed by atoms with Gasteiger partial charge in [0.2, 0.25) is 11.8 Å². The predicted octanol–water partition coefficient (Wildman–Crippen LogP) is 2.00. The molecule has 198 valence electrons. The molecule has 2 aromatic carbocycles. The SMILES string of the molecule is COCCCN1C[C@H]2C(C(=O)CN(C)C2C(=O)NCc2ccc(F)cc2)[C@@H](Cc2ccc(O)cc2)C1=O. The van der Waals surface area contributed by atoms with Crippen molar-refractivity contribution >= 4 is 17.6 Å². The van der Waals surface area contributed by atoms with Gasteiger partial charge in [0.25, 0.3) is 0 Å². The van der Waals surface area contributed by atoms with E-state index in [2.05, 4.69) is 5.32 Å². The molecule has 2 unspecified atom stereocenters. The van der Waals surface area contributed by atoms with Gasteiger partial charge in [0.1, 0.15) is 11.6 Å². The van der Waals surface area contributed by atoms with Gasteiger partial charge in [-0.3, -0.25) is 19.3 Å². The van der Waals surface area contributed by atoms with Crippen LogP contribution >= 0.6 is 0 Å². The highest BCUT2D eigenvalue weighted by Gasteiger charge is 2.53. The lowest BCUT2D eigenvalue weighted by atomic mass is 9.67. The number of benzene rings is 2. The lowest BCUT2D eigenvalue weighted by molar-refractivity contribution is -0.160. The maximum absolute atomic E-state index is 13.6. The molecule has 2 aliphatic heterocycles. The quantitative estimate of drug-likeness (QED) is 0.500. The number of aromatic hydroxyl groups is 1. The van der Waals surface area contributed by atoms with Crippen LogP contribution in [-0.2, 0) is 32.1 Å². The number of rotatable bonds is 9. The molecule has 2 fully saturated rings. The van der Waals surface area contributed by atoms with Crippen LogP contribution in [0, 0.1) is 23.6 Å². The van der Waals surface area contributed by atoms with E-state index < -0.39 is 17.9 Å². The number of methoxy groups -OCH3 is 1. The molecule has 0 saturated carbocycles. The summed E-state index contributed by atoms with van der Waals surface area (Å²) in [5, 5.41) is 12.6. The van der Waals surface area contributed by atoms with Crippen LogP contribution in [0.3, 0.4) is 0 Å². The van der Waals surface area contributed by atoms with Crippen molar-refractivity contribution in [1.29, 1.82) is 0 Å². The van der Waals surface area contributed by atoms with Crippen LogP contribution in [0.15, 0.2) is 48.5 Å². The number of fused-ring (bicyclic) bond motifs is 1. The van der Waals surface area contributed by atoms with Crippen molar-refractivity contribution in [2.75, 3.05) is 40.4 Å². The van der Waals surface area contributed by atoms with Crippen molar-refractivity contribution in [2.45, 2.75) is 25.4 Å². The average Bonchev–Trinajstić information content (AvgIpc) is 2.87. The molecule has 2 aliphatic rings. The van der Waals surface area contributed by atoms with Crippen LogP contribution in [0.5, 0.6) is 5.75 Å². The van der Waals surface area contributed by atoms with Gasteiger partial charge in [0.15, 0.2) is 5.78 Å². The number of halogens is 1. The Labute approximate surface area is 216 Å². The summed E-state index contributed by atoms with van der Waals surface area (Å²) in [6.45, 7) is 1.61. The molecule has 8 nitrogen and oxygen atoms in total. The molecule has 4 atom stereocenters. The fraction of sp³-hybridized carbons (Fsp3) is 0.464. The van der Waals surface area contributed by atoms with Gasteiger partial charge in [-0.25, -0.2) is 4.39 Å². The first-order valence-electron chi connectivity index (χ1n) is 12.6. The number of hydrogen-bond donors (Lipinski definition) is 2. The fourth-order valence-electron chi connectivity index (χ4n) is 5.67. The van der Waals surface area contributed by atoms with Crippen LogP contribution in [0.25, 0.3) is 0 Å². The molecule has 2 saturated heterocycles. The number of carbonyl (C=O) groups excluding carboxylic acids is 3. The summed E-state index contributed by atoms with van der Waals surface area (Å²) >= 11 is 0. The number of hydrogen-bond acceptors (Lipinski definition) is 6. The first-order valence-corrected chi connectivity index (χ1v) is 12.6. The van der Waals surface area contributed by atoms with Crippen molar-refractivity contribution in [3.05, 3.63) is 65.5 Å². The van der Waals surface area contributed by atoms with Gasteiger partial charge >= 0.3 is 0 Å². The molecule has 0 aromatic heterocycles. The number of Topliss-reactive ketones (excluding diaryl/α,β-unsaturated/α-hetero) is 1. The van der Waals surface area contributed by atoms with E-state index in [9.17, 15) is 23.9 Å². The van der Waals surface area contributed by atoms with Crippen LogP contribution in [0.4, 0.5) is 4.39 Å². The van der Waals surface area contributed by atoms with E-state index in [1.54, 1.807) is 60.4 Å². The lowest BCUT2D eigenvalue weighted by Crippen LogP contribution is -2.66. The fourth-order valence-corrected chi connectivity index (χ4v) is 5.67. The second-order valence-corrected chi connectivity index (χ2v) is 9.97. The molecule has 2 aromatic rings. The minimum absolute atomic E-state index is 0.0382.